The van der Waals surface area contributed by atoms with Crippen LogP contribution in [0.4, 0.5) is 5.95 Å². The molecule has 0 aromatic carbocycles. The Bertz CT molecular complexity index is 552. The van der Waals surface area contributed by atoms with E-state index in [-0.39, 0.29) is 11.9 Å². The molecule has 0 saturated heterocycles. The molecule has 0 aliphatic heterocycles. The molecule has 1 fully saturated rings. The first kappa shape index (κ1) is 17.4. The quantitative estimate of drug-likeness (QED) is 0.818. The maximum atomic E-state index is 11.7. The van der Waals surface area contributed by atoms with Gasteiger partial charge >= 0.3 is 0 Å². The minimum Gasteiger partial charge on any atom is -0.349 e. The molecule has 23 heavy (non-hydrogen) atoms. The van der Waals surface area contributed by atoms with Crippen LogP contribution in [-0.4, -0.2) is 29.0 Å². The van der Waals surface area contributed by atoms with E-state index in [0.717, 1.165) is 17.2 Å². The van der Waals surface area contributed by atoms with Crippen molar-refractivity contribution in [2.45, 2.75) is 64.5 Å². The Labute approximate surface area is 139 Å². The third kappa shape index (κ3) is 4.53. The van der Waals surface area contributed by atoms with Gasteiger partial charge in [-0.1, -0.05) is 25.3 Å². The monoisotopic (exact) mass is 316 g/mol. The second kappa shape index (κ2) is 8.09. The van der Waals surface area contributed by atoms with E-state index in [9.17, 15) is 4.79 Å². The molecule has 5 heteroatoms. The number of amides is 1. The highest BCUT2D eigenvalue weighted by atomic mass is 16.1. The fourth-order valence-electron chi connectivity index (χ4n) is 3.20. The molecule has 1 atom stereocenters. The maximum Gasteiger partial charge on any atom is 0.225 e. The molecule has 1 aliphatic carbocycles. The number of rotatable bonds is 6. The van der Waals surface area contributed by atoms with E-state index in [1.165, 1.54) is 32.1 Å². The van der Waals surface area contributed by atoms with E-state index < -0.39 is 0 Å². The molecule has 1 heterocycles. The van der Waals surface area contributed by atoms with E-state index >= 15 is 0 Å². The molecule has 1 N–H and O–H groups in total. The van der Waals surface area contributed by atoms with Crippen molar-refractivity contribution in [1.29, 1.82) is 0 Å². The van der Waals surface area contributed by atoms with Crippen LogP contribution in [0.15, 0.2) is 18.9 Å². The summed E-state index contributed by atoms with van der Waals surface area (Å²) in [6.07, 6.45) is 10.1. The van der Waals surface area contributed by atoms with Gasteiger partial charge in [0.15, 0.2) is 0 Å². The lowest BCUT2D eigenvalue weighted by Gasteiger charge is -2.31. The Hall–Kier alpha value is -1.91. The summed E-state index contributed by atoms with van der Waals surface area (Å²) in [5.41, 5.74) is 1.88. The first-order valence-corrected chi connectivity index (χ1v) is 8.49. The lowest BCUT2D eigenvalue weighted by molar-refractivity contribution is -0.120. The van der Waals surface area contributed by atoms with Crippen molar-refractivity contribution in [3.63, 3.8) is 0 Å². The van der Waals surface area contributed by atoms with Crippen LogP contribution in [0.1, 0.15) is 62.7 Å². The predicted molar refractivity (Wildman–Crippen MR) is 93.4 cm³/mol. The average Bonchev–Trinajstić information content (AvgIpc) is 2.54. The highest BCUT2D eigenvalue weighted by Gasteiger charge is 2.21. The summed E-state index contributed by atoms with van der Waals surface area (Å²) < 4.78 is 0. The Kier molecular flexibility index (Phi) is 6.13. The van der Waals surface area contributed by atoms with Gasteiger partial charge in [0, 0.05) is 37.0 Å². The van der Waals surface area contributed by atoms with Crippen molar-refractivity contribution in [3.8, 4) is 0 Å². The first-order chi connectivity index (χ1) is 11.0. The summed E-state index contributed by atoms with van der Waals surface area (Å²) in [6, 6.07) is 0.440. The van der Waals surface area contributed by atoms with Gasteiger partial charge in [-0.2, -0.15) is 0 Å². The van der Waals surface area contributed by atoms with Gasteiger partial charge in [0.1, 0.15) is 0 Å². The SMILES string of the molecule is C=CCC(=O)NC(C)c1cnc(N(C)C2CCCCC2)nc1C. The number of hydrogen-bond acceptors (Lipinski definition) is 4. The topological polar surface area (TPSA) is 58.1 Å². The smallest absolute Gasteiger partial charge is 0.225 e. The van der Waals surface area contributed by atoms with Crippen LogP contribution in [0, 0.1) is 6.92 Å². The molecule has 0 spiro atoms. The summed E-state index contributed by atoms with van der Waals surface area (Å²) in [5, 5.41) is 2.95. The summed E-state index contributed by atoms with van der Waals surface area (Å²) in [6.45, 7) is 7.52. The van der Waals surface area contributed by atoms with Crippen LogP contribution in [0.25, 0.3) is 0 Å². The van der Waals surface area contributed by atoms with E-state index in [4.69, 9.17) is 0 Å². The standard InChI is InChI=1S/C18H28N4O/c1-5-9-17(23)20-13(2)16-12-19-18(21-14(16)3)22(4)15-10-7-6-8-11-15/h5,12-13,15H,1,6-11H2,2-4H3,(H,20,23). The number of hydrogen-bond donors (Lipinski definition) is 1. The molecular formula is C18H28N4O. The Morgan fingerprint density at radius 1 is 1.48 bits per heavy atom. The highest BCUT2D eigenvalue weighted by Crippen LogP contribution is 2.25. The molecule has 1 aliphatic rings. The number of aromatic nitrogens is 2. The summed E-state index contributed by atoms with van der Waals surface area (Å²) in [5.74, 6) is 0.748. The molecule has 2 rings (SSSR count). The molecule has 1 unspecified atom stereocenters. The first-order valence-electron chi connectivity index (χ1n) is 8.49. The van der Waals surface area contributed by atoms with Crippen molar-refractivity contribution in [2.75, 3.05) is 11.9 Å². The number of aryl methyl sites for hydroxylation is 1. The van der Waals surface area contributed by atoms with Gasteiger partial charge in [-0.15, -0.1) is 6.58 Å². The van der Waals surface area contributed by atoms with E-state index in [1.54, 1.807) is 6.08 Å². The summed E-state index contributed by atoms with van der Waals surface area (Å²) in [4.78, 5) is 23.1. The molecular weight excluding hydrogens is 288 g/mol. The maximum absolute atomic E-state index is 11.7. The second-order valence-electron chi connectivity index (χ2n) is 6.40. The minimum absolute atomic E-state index is 0.0321. The van der Waals surface area contributed by atoms with Crippen molar-refractivity contribution >= 4 is 11.9 Å². The minimum atomic E-state index is -0.100. The molecule has 1 saturated carbocycles. The fourth-order valence-corrected chi connectivity index (χ4v) is 3.20. The highest BCUT2D eigenvalue weighted by molar-refractivity contribution is 5.77. The second-order valence-corrected chi connectivity index (χ2v) is 6.40. The van der Waals surface area contributed by atoms with Crippen LogP contribution >= 0.6 is 0 Å². The van der Waals surface area contributed by atoms with Gasteiger partial charge in [0.25, 0.3) is 0 Å². The van der Waals surface area contributed by atoms with Crippen LogP contribution in [-0.2, 0) is 4.79 Å². The van der Waals surface area contributed by atoms with Gasteiger partial charge in [-0.25, -0.2) is 9.97 Å². The van der Waals surface area contributed by atoms with Gasteiger partial charge in [0.05, 0.1) is 6.04 Å². The van der Waals surface area contributed by atoms with Gasteiger partial charge < -0.3 is 10.2 Å². The molecule has 0 radical (unpaired) electrons. The number of anilines is 1. The van der Waals surface area contributed by atoms with E-state index in [0.29, 0.717) is 12.5 Å². The van der Waals surface area contributed by atoms with Gasteiger partial charge in [-0.05, 0) is 26.7 Å². The number of carbonyl (C=O) groups is 1. The van der Waals surface area contributed by atoms with Crippen LogP contribution in [0.3, 0.4) is 0 Å². The fraction of sp³-hybridized carbons (Fsp3) is 0.611. The third-order valence-electron chi connectivity index (χ3n) is 4.62. The zero-order chi connectivity index (χ0) is 16.8. The van der Waals surface area contributed by atoms with E-state index in [2.05, 4.69) is 33.8 Å². The molecule has 1 aromatic rings. The average molecular weight is 316 g/mol. The molecule has 1 amide bonds. The van der Waals surface area contributed by atoms with Crippen LogP contribution in [0.2, 0.25) is 0 Å². The normalized spacial score (nSPS) is 16.7. The Balaban J connectivity index is 2.07. The lowest BCUT2D eigenvalue weighted by Crippen LogP contribution is -2.35. The summed E-state index contributed by atoms with van der Waals surface area (Å²) in [7, 11) is 2.08. The zero-order valence-corrected chi connectivity index (χ0v) is 14.5. The Morgan fingerprint density at radius 2 is 2.17 bits per heavy atom. The van der Waals surface area contributed by atoms with Crippen LogP contribution in [0.5, 0.6) is 0 Å². The van der Waals surface area contributed by atoms with Crippen molar-refractivity contribution in [2.24, 2.45) is 0 Å². The Morgan fingerprint density at radius 3 is 2.78 bits per heavy atom. The molecule has 0 bridgehead atoms. The number of carbonyl (C=O) groups excluding carboxylic acids is 1. The third-order valence-corrected chi connectivity index (χ3v) is 4.62. The van der Waals surface area contributed by atoms with Crippen molar-refractivity contribution in [1.82, 2.24) is 15.3 Å². The van der Waals surface area contributed by atoms with Crippen molar-refractivity contribution < 1.29 is 4.79 Å². The summed E-state index contributed by atoms with van der Waals surface area (Å²) >= 11 is 0. The van der Waals surface area contributed by atoms with Gasteiger partial charge in [-0.3, -0.25) is 4.79 Å². The lowest BCUT2D eigenvalue weighted by atomic mass is 9.95. The van der Waals surface area contributed by atoms with E-state index in [1.807, 2.05) is 20.0 Å². The van der Waals surface area contributed by atoms with Gasteiger partial charge in [0.2, 0.25) is 11.9 Å². The molecule has 126 valence electrons. The number of nitrogens with one attached hydrogen (secondary N) is 1. The van der Waals surface area contributed by atoms with Crippen LogP contribution < -0.4 is 10.2 Å². The molecule has 5 nitrogen and oxygen atoms in total. The zero-order valence-electron chi connectivity index (χ0n) is 14.5. The predicted octanol–water partition coefficient (Wildman–Crippen LogP) is 3.31. The van der Waals surface area contributed by atoms with Crippen molar-refractivity contribution in [3.05, 3.63) is 30.1 Å². The largest absolute Gasteiger partial charge is 0.349 e. The molecule has 1 aromatic heterocycles. The number of nitrogens with zero attached hydrogens (tertiary/aromatic N) is 3.